The van der Waals surface area contributed by atoms with Gasteiger partial charge in [-0.1, -0.05) is 12.8 Å². The van der Waals surface area contributed by atoms with E-state index in [1.807, 2.05) is 0 Å². The molecule has 1 aromatic rings. The maximum Gasteiger partial charge on any atom is 0.270 e. The summed E-state index contributed by atoms with van der Waals surface area (Å²) < 4.78 is 0. The number of carbonyl (C=O) groups is 1. The lowest BCUT2D eigenvalue weighted by Gasteiger charge is -2.30. The van der Waals surface area contributed by atoms with Gasteiger partial charge in [-0.25, -0.2) is 0 Å². The van der Waals surface area contributed by atoms with Crippen molar-refractivity contribution in [2.45, 2.75) is 38.6 Å². The normalized spacial score (nSPS) is 19.8. The number of nitro groups is 1. The third-order valence-corrected chi connectivity index (χ3v) is 3.71. The molecule has 0 bridgehead atoms. The van der Waals surface area contributed by atoms with E-state index in [-0.39, 0.29) is 5.69 Å². The van der Waals surface area contributed by atoms with Crippen LogP contribution < -0.4 is 4.90 Å². The number of non-ortho nitro benzene ring substituents is 1. The zero-order valence-corrected chi connectivity index (χ0v) is 11.0. The summed E-state index contributed by atoms with van der Waals surface area (Å²) in [5, 5.41) is 10.8. The molecule has 0 N–H and O–H groups in total. The van der Waals surface area contributed by atoms with Gasteiger partial charge in [0.05, 0.1) is 4.92 Å². The fourth-order valence-electron chi connectivity index (χ4n) is 2.64. The topological polar surface area (TPSA) is 63.4 Å². The summed E-state index contributed by atoms with van der Waals surface area (Å²) in [5.41, 5.74) is 1.19. The summed E-state index contributed by atoms with van der Waals surface area (Å²) in [4.78, 5) is 23.7. The summed E-state index contributed by atoms with van der Waals surface area (Å²) in [6, 6.07) is 4.89. The Morgan fingerprint density at radius 2 is 2.16 bits per heavy atom. The molecule has 0 aromatic heterocycles. The third kappa shape index (κ3) is 2.92. The molecule has 0 saturated carbocycles. The number of benzene rings is 1. The van der Waals surface area contributed by atoms with Gasteiger partial charge in [-0.3, -0.25) is 14.9 Å². The fourth-order valence-corrected chi connectivity index (χ4v) is 2.64. The molecule has 0 aliphatic carbocycles. The first-order chi connectivity index (χ1) is 9.13. The summed E-state index contributed by atoms with van der Waals surface area (Å²) in [6.45, 7) is 3.04. The number of hydrogen-bond acceptors (Lipinski definition) is 4. The van der Waals surface area contributed by atoms with Crippen LogP contribution in [0, 0.1) is 10.1 Å². The molecule has 5 nitrogen and oxygen atoms in total. The molecule has 0 amide bonds. The monoisotopic (exact) mass is 262 g/mol. The molecule has 1 aliphatic rings. The van der Waals surface area contributed by atoms with Gasteiger partial charge in [-0.2, -0.15) is 0 Å². The maximum absolute atomic E-state index is 11.2. The van der Waals surface area contributed by atoms with Gasteiger partial charge in [0.25, 0.3) is 5.69 Å². The van der Waals surface area contributed by atoms with Crippen LogP contribution in [0.1, 0.15) is 43.0 Å². The second kappa shape index (κ2) is 5.82. The van der Waals surface area contributed by atoms with Crippen molar-refractivity contribution in [3.05, 3.63) is 33.9 Å². The Hall–Kier alpha value is -1.91. The van der Waals surface area contributed by atoms with E-state index in [9.17, 15) is 14.9 Å². The lowest BCUT2D eigenvalue weighted by molar-refractivity contribution is -0.384. The number of anilines is 1. The van der Waals surface area contributed by atoms with Crippen molar-refractivity contribution in [3.63, 3.8) is 0 Å². The van der Waals surface area contributed by atoms with E-state index in [1.165, 1.54) is 25.0 Å². The van der Waals surface area contributed by atoms with Gasteiger partial charge in [-0.05, 0) is 25.8 Å². The van der Waals surface area contributed by atoms with E-state index >= 15 is 0 Å². The Morgan fingerprint density at radius 1 is 1.37 bits per heavy atom. The molecular formula is C14H18N2O3. The van der Waals surface area contributed by atoms with E-state index in [0.717, 1.165) is 25.1 Å². The van der Waals surface area contributed by atoms with E-state index in [2.05, 4.69) is 11.8 Å². The average molecular weight is 262 g/mol. The molecule has 1 saturated heterocycles. The molecule has 102 valence electrons. The van der Waals surface area contributed by atoms with Gasteiger partial charge in [-0.15, -0.1) is 0 Å². The average Bonchev–Trinajstić information content (AvgIpc) is 2.62. The summed E-state index contributed by atoms with van der Waals surface area (Å²) in [5.74, 6) is 0. The Labute approximate surface area is 112 Å². The maximum atomic E-state index is 11.2. The molecule has 1 fully saturated rings. The van der Waals surface area contributed by atoms with Crippen LogP contribution in [0.5, 0.6) is 0 Å². The summed E-state index contributed by atoms with van der Waals surface area (Å²) in [7, 11) is 0. The van der Waals surface area contributed by atoms with Crippen LogP contribution in [0.3, 0.4) is 0 Å². The standard InChI is InChI=1S/C14H18N2O3/c1-11-5-3-2-4-8-15(11)14-7-6-13(16(18)19)9-12(14)10-17/h6-7,9-11H,2-5,8H2,1H3. The highest BCUT2D eigenvalue weighted by Gasteiger charge is 2.21. The molecule has 1 aliphatic heterocycles. The zero-order valence-electron chi connectivity index (χ0n) is 11.0. The van der Waals surface area contributed by atoms with Gasteiger partial charge in [0.1, 0.15) is 0 Å². The van der Waals surface area contributed by atoms with Crippen LogP contribution in [0.4, 0.5) is 11.4 Å². The zero-order chi connectivity index (χ0) is 13.8. The number of hydrogen-bond donors (Lipinski definition) is 0. The highest BCUT2D eigenvalue weighted by atomic mass is 16.6. The van der Waals surface area contributed by atoms with Crippen LogP contribution >= 0.6 is 0 Å². The van der Waals surface area contributed by atoms with Crippen molar-refractivity contribution in [2.75, 3.05) is 11.4 Å². The predicted molar refractivity (Wildman–Crippen MR) is 73.8 cm³/mol. The Morgan fingerprint density at radius 3 is 2.84 bits per heavy atom. The molecule has 1 unspecified atom stereocenters. The van der Waals surface area contributed by atoms with Crippen LogP contribution in [-0.4, -0.2) is 23.8 Å². The number of nitro benzene ring substituents is 1. The smallest absolute Gasteiger partial charge is 0.270 e. The highest BCUT2D eigenvalue weighted by Crippen LogP contribution is 2.29. The Kier molecular flexibility index (Phi) is 4.14. The van der Waals surface area contributed by atoms with Crippen molar-refractivity contribution in [1.82, 2.24) is 0 Å². The number of aldehydes is 1. The molecule has 0 radical (unpaired) electrons. The van der Waals surface area contributed by atoms with E-state index in [0.29, 0.717) is 17.9 Å². The van der Waals surface area contributed by atoms with Crippen molar-refractivity contribution < 1.29 is 9.72 Å². The number of nitrogens with zero attached hydrogens (tertiary/aromatic N) is 2. The van der Waals surface area contributed by atoms with E-state index < -0.39 is 4.92 Å². The fraction of sp³-hybridized carbons (Fsp3) is 0.500. The van der Waals surface area contributed by atoms with Crippen molar-refractivity contribution in [1.29, 1.82) is 0 Å². The van der Waals surface area contributed by atoms with E-state index in [4.69, 9.17) is 0 Å². The van der Waals surface area contributed by atoms with Gasteiger partial charge in [0, 0.05) is 36.0 Å². The predicted octanol–water partition coefficient (Wildman–Crippen LogP) is 3.18. The number of rotatable bonds is 3. The molecule has 1 heterocycles. The van der Waals surface area contributed by atoms with Crippen LogP contribution in [0.15, 0.2) is 18.2 Å². The second-order valence-electron chi connectivity index (χ2n) is 5.01. The van der Waals surface area contributed by atoms with Crippen LogP contribution in [0.2, 0.25) is 0 Å². The van der Waals surface area contributed by atoms with E-state index in [1.54, 1.807) is 6.07 Å². The summed E-state index contributed by atoms with van der Waals surface area (Å²) in [6.07, 6.45) is 5.29. The Bertz CT molecular complexity index is 488. The molecule has 5 heteroatoms. The van der Waals surface area contributed by atoms with Crippen molar-refractivity contribution >= 4 is 17.7 Å². The van der Waals surface area contributed by atoms with Gasteiger partial charge in [0.15, 0.2) is 6.29 Å². The van der Waals surface area contributed by atoms with Gasteiger partial charge < -0.3 is 4.90 Å². The van der Waals surface area contributed by atoms with Gasteiger partial charge >= 0.3 is 0 Å². The first kappa shape index (κ1) is 13.5. The molecular weight excluding hydrogens is 244 g/mol. The number of carbonyl (C=O) groups excluding carboxylic acids is 1. The van der Waals surface area contributed by atoms with Crippen LogP contribution in [0.25, 0.3) is 0 Å². The molecule has 19 heavy (non-hydrogen) atoms. The minimum absolute atomic E-state index is 0.0340. The lowest BCUT2D eigenvalue weighted by atomic mass is 10.1. The summed E-state index contributed by atoms with van der Waals surface area (Å²) >= 11 is 0. The molecule has 1 atom stereocenters. The largest absolute Gasteiger partial charge is 0.368 e. The first-order valence-electron chi connectivity index (χ1n) is 6.63. The third-order valence-electron chi connectivity index (χ3n) is 3.71. The molecule has 1 aromatic carbocycles. The lowest BCUT2D eigenvalue weighted by Crippen LogP contribution is -2.33. The quantitative estimate of drug-likeness (QED) is 0.477. The minimum atomic E-state index is -0.470. The Balaban J connectivity index is 2.37. The van der Waals surface area contributed by atoms with Crippen molar-refractivity contribution in [3.8, 4) is 0 Å². The molecule has 2 rings (SSSR count). The minimum Gasteiger partial charge on any atom is -0.368 e. The second-order valence-corrected chi connectivity index (χ2v) is 5.01. The SMILES string of the molecule is CC1CCCCCN1c1ccc([N+](=O)[O-])cc1C=O. The first-order valence-corrected chi connectivity index (χ1v) is 6.63. The highest BCUT2D eigenvalue weighted by molar-refractivity contribution is 5.86. The molecule has 0 spiro atoms. The van der Waals surface area contributed by atoms with Gasteiger partial charge in [0.2, 0.25) is 0 Å². The van der Waals surface area contributed by atoms with Crippen molar-refractivity contribution in [2.24, 2.45) is 0 Å². The van der Waals surface area contributed by atoms with Crippen LogP contribution in [-0.2, 0) is 0 Å².